The number of hydrogen-bond donors (Lipinski definition) is 1. The molecule has 1 N–H and O–H groups in total. The first kappa shape index (κ1) is 14.4. The van der Waals surface area contributed by atoms with Gasteiger partial charge in [0, 0.05) is 25.6 Å². The van der Waals surface area contributed by atoms with E-state index >= 15 is 0 Å². The minimum absolute atomic E-state index is 0.582. The minimum atomic E-state index is 0.582. The maximum absolute atomic E-state index is 8.48. The van der Waals surface area contributed by atoms with E-state index in [1.807, 2.05) is 0 Å². The van der Waals surface area contributed by atoms with Crippen molar-refractivity contribution >= 4 is 5.84 Å². The lowest BCUT2D eigenvalue weighted by Crippen LogP contribution is -2.43. The summed E-state index contributed by atoms with van der Waals surface area (Å²) in [6.07, 6.45) is 12.1. The summed E-state index contributed by atoms with van der Waals surface area (Å²) in [5.74, 6) is 2.45. The molecule has 0 unspecified atom stereocenters. The quantitative estimate of drug-likeness (QED) is 0.633. The molecule has 0 amide bonds. The van der Waals surface area contributed by atoms with E-state index in [9.17, 15) is 0 Å². The highest BCUT2D eigenvalue weighted by Gasteiger charge is 2.27. The van der Waals surface area contributed by atoms with Crippen LogP contribution in [0.1, 0.15) is 57.8 Å². The predicted octanol–water partition coefficient (Wildman–Crippen LogP) is 3.35. The Bertz CT molecular complexity index is 308. The van der Waals surface area contributed by atoms with E-state index in [1.54, 1.807) is 0 Å². The second-order valence-electron chi connectivity index (χ2n) is 7.16. The molecule has 0 aromatic rings. The third-order valence-electron chi connectivity index (χ3n) is 5.66. The SMILES string of the molecule is N=C(C1CCCCC1)N1CCC(CN2CCCC2)CC1. The zero-order chi connectivity index (χ0) is 13.8. The second-order valence-corrected chi connectivity index (χ2v) is 7.16. The fourth-order valence-electron chi connectivity index (χ4n) is 4.32. The highest BCUT2D eigenvalue weighted by atomic mass is 15.2. The molecule has 3 aliphatic rings. The third kappa shape index (κ3) is 3.55. The van der Waals surface area contributed by atoms with Crippen LogP contribution < -0.4 is 0 Å². The summed E-state index contributed by atoms with van der Waals surface area (Å²) in [4.78, 5) is 5.06. The standard InChI is InChI=1S/C17H31N3/c18-17(16-6-2-1-3-7-16)20-12-8-15(9-13-20)14-19-10-4-5-11-19/h15-16,18H,1-14H2. The van der Waals surface area contributed by atoms with Crippen LogP contribution in [-0.2, 0) is 0 Å². The molecule has 20 heavy (non-hydrogen) atoms. The van der Waals surface area contributed by atoms with Crippen molar-refractivity contribution in [3.8, 4) is 0 Å². The summed E-state index contributed by atoms with van der Waals surface area (Å²) in [6, 6.07) is 0. The fourth-order valence-corrected chi connectivity index (χ4v) is 4.32. The maximum atomic E-state index is 8.48. The van der Waals surface area contributed by atoms with Gasteiger partial charge < -0.3 is 9.80 Å². The minimum Gasteiger partial charge on any atom is -0.360 e. The Labute approximate surface area is 124 Å². The number of nitrogens with zero attached hydrogens (tertiary/aromatic N) is 2. The van der Waals surface area contributed by atoms with Gasteiger partial charge >= 0.3 is 0 Å². The fraction of sp³-hybridized carbons (Fsp3) is 0.941. The molecule has 3 rings (SSSR count). The molecule has 0 bridgehead atoms. The molecule has 114 valence electrons. The lowest BCUT2D eigenvalue weighted by molar-refractivity contribution is 0.194. The molecule has 0 spiro atoms. The molecule has 0 aromatic heterocycles. The summed E-state index contributed by atoms with van der Waals surface area (Å²) in [5, 5.41) is 8.48. The van der Waals surface area contributed by atoms with Gasteiger partial charge in [-0.3, -0.25) is 5.41 Å². The highest BCUT2D eigenvalue weighted by molar-refractivity contribution is 5.81. The van der Waals surface area contributed by atoms with Gasteiger partial charge in [0.25, 0.3) is 0 Å². The molecule has 2 aliphatic heterocycles. The van der Waals surface area contributed by atoms with Crippen molar-refractivity contribution in [1.82, 2.24) is 9.80 Å². The Kier molecular flexibility index (Phi) is 4.98. The van der Waals surface area contributed by atoms with Crippen LogP contribution in [0, 0.1) is 17.2 Å². The molecular weight excluding hydrogens is 246 g/mol. The van der Waals surface area contributed by atoms with E-state index in [0.29, 0.717) is 5.92 Å². The summed E-state index contributed by atoms with van der Waals surface area (Å²) in [5.41, 5.74) is 0. The number of piperidine rings is 1. The molecule has 0 atom stereocenters. The van der Waals surface area contributed by atoms with Crippen LogP contribution in [0.5, 0.6) is 0 Å². The molecule has 1 saturated carbocycles. The average molecular weight is 277 g/mol. The van der Waals surface area contributed by atoms with E-state index < -0.39 is 0 Å². The Morgan fingerprint density at radius 3 is 2.10 bits per heavy atom. The van der Waals surface area contributed by atoms with Crippen LogP contribution >= 0.6 is 0 Å². The number of rotatable bonds is 3. The first-order chi connectivity index (χ1) is 9.83. The monoisotopic (exact) mass is 277 g/mol. The van der Waals surface area contributed by atoms with Crippen LogP contribution in [0.15, 0.2) is 0 Å². The smallest absolute Gasteiger partial charge is 0.0989 e. The van der Waals surface area contributed by atoms with Gasteiger partial charge in [-0.25, -0.2) is 0 Å². The van der Waals surface area contributed by atoms with Crippen molar-refractivity contribution in [1.29, 1.82) is 5.41 Å². The topological polar surface area (TPSA) is 30.3 Å². The summed E-state index contributed by atoms with van der Waals surface area (Å²) < 4.78 is 0. The number of nitrogens with one attached hydrogen (secondary N) is 1. The maximum Gasteiger partial charge on any atom is 0.0989 e. The van der Waals surface area contributed by atoms with Crippen LogP contribution in [0.4, 0.5) is 0 Å². The van der Waals surface area contributed by atoms with E-state index in [-0.39, 0.29) is 0 Å². The number of hydrogen-bond acceptors (Lipinski definition) is 2. The lowest BCUT2D eigenvalue weighted by atomic mass is 9.87. The van der Waals surface area contributed by atoms with Crippen molar-refractivity contribution in [2.75, 3.05) is 32.7 Å². The lowest BCUT2D eigenvalue weighted by Gasteiger charge is -2.38. The van der Waals surface area contributed by atoms with Gasteiger partial charge in [-0.1, -0.05) is 19.3 Å². The van der Waals surface area contributed by atoms with Gasteiger partial charge in [-0.15, -0.1) is 0 Å². The van der Waals surface area contributed by atoms with Crippen molar-refractivity contribution < 1.29 is 0 Å². The van der Waals surface area contributed by atoms with Gasteiger partial charge in [0.1, 0.15) is 0 Å². The zero-order valence-corrected chi connectivity index (χ0v) is 12.9. The molecule has 3 fully saturated rings. The molecule has 3 heteroatoms. The molecule has 3 nitrogen and oxygen atoms in total. The molecule has 2 saturated heterocycles. The number of amidine groups is 1. The normalized spacial score (nSPS) is 27.1. The van der Waals surface area contributed by atoms with Crippen LogP contribution in [0.2, 0.25) is 0 Å². The molecule has 1 aliphatic carbocycles. The van der Waals surface area contributed by atoms with Gasteiger partial charge in [0.15, 0.2) is 0 Å². The number of likely N-dealkylation sites (tertiary alicyclic amines) is 2. The molecule has 0 radical (unpaired) electrons. The summed E-state index contributed by atoms with van der Waals surface area (Å²) >= 11 is 0. The van der Waals surface area contributed by atoms with Crippen LogP contribution in [0.3, 0.4) is 0 Å². The predicted molar refractivity (Wildman–Crippen MR) is 84.3 cm³/mol. The molecule has 0 aromatic carbocycles. The Morgan fingerprint density at radius 2 is 1.45 bits per heavy atom. The van der Waals surface area contributed by atoms with Gasteiger partial charge in [0.05, 0.1) is 5.84 Å². The van der Waals surface area contributed by atoms with Crippen molar-refractivity contribution in [3.63, 3.8) is 0 Å². The third-order valence-corrected chi connectivity index (χ3v) is 5.66. The average Bonchev–Trinajstić information content (AvgIpc) is 3.01. The van der Waals surface area contributed by atoms with E-state index in [1.165, 1.54) is 77.4 Å². The zero-order valence-electron chi connectivity index (χ0n) is 12.9. The Balaban J connectivity index is 1.41. The van der Waals surface area contributed by atoms with Gasteiger partial charge in [0.2, 0.25) is 0 Å². The first-order valence-electron chi connectivity index (χ1n) is 8.88. The second kappa shape index (κ2) is 6.93. The van der Waals surface area contributed by atoms with Crippen molar-refractivity contribution in [2.24, 2.45) is 11.8 Å². The molecule has 2 heterocycles. The summed E-state index contributed by atoms with van der Waals surface area (Å²) in [6.45, 7) is 6.28. The highest BCUT2D eigenvalue weighted by Crippen LogP contribution is 2.28. The molecular formula is C17H31N3. The van der Waals surface area contributed by atoms with Crippen molar-refractivity contribution in [2.45, 2.75) is 57.8 Å². The van der Waals surface area contributed by atoms with Crippen molar-refractivity contribution in [3.05, 3.63) is 0 Å². The summed E-state index contributed by atoms with van der Waals surface area (Å²) in [7, 11) is 0. The largest absolute Gasteiger partial charge is 0.360 e. The van der Waals surface area contributed by atoms with Crippen LogP contribution in [0.25, 0.3) is 0 Å². The Morgan fingerprint density at radius 1 is 0.800 bits per heavy atom. The Hall–Kier alpha value is -0.570. The first-order valence-corrected chi connectivity index (χ1v) is 8.88. The van der Waals surface area contributed by atoms with E-state index in [4.69, 9.17) is 5.41 Å². The van der Waals surface area contributed by atoms with E-state index in [2.05, 4.69) is 9.80 Å². The van der Waals surface area contributed by atoms with E-state index in [0.717, 1.165) is 24.8 Å². The van der Waals surface area contributed by atoms with Crippen LogP contribution in [-0.4, -0.2) is 48.4 Å². The van der Waals surface area contributed by atoms with Gasteiger partial charge in [-0.2, -0.15) is 0 Å². The van der Waals surface area contributed by atoms with Gasteiger partial charge in [-0.05, 0) is 57.5 Å².